The van der Waals surface area contributed by atoms with Gasteiger partial charge in [-0.2, -0.15) is 0 Å². The van der Waals surface area contributed by atoms with Gasteiger partial charge < -0.3 is 0 Å². The molecule has 0 heteroatoms. The van der Waals surface area contributed by atoms with Crippen molar-refractivity contribution in [3.05, 3.63) is 25.5 Å². The van der Waals surface area contributed by atoms with Gasteiger partial charge >= 0.3 is 0 Å². The second kappa shape index (κ2) is 2.91. The lowest BCUT2D eigenvalue weighted by Crippen LogP contribution is -1.98. The summed E-state index contributed by atoms with van der Waals surface area (Å²) >= 11 is 0. The summed E-state index contributed by atoms with van der Waals surface area (Å²) in [5, 5.41) is 0. The maximum Gasteiger partial charge on any atom is -0.0202 e. The highest BCUT2D eigenvalue weighted by Crippen LogP contribution is 2.17. The Kier molecular flexibility index (Phi) is 2.13. The topological polar surface area (TPSA) is 0 Å². The highest BCUT2D eigenvalue weighted by atomic mass is 14.1. The van der Waals surface area contributed by atoms with Gasteiger partial charge in [0.05, 0.1) is 0 Å². The van der Waals surface area contributed by atoms with Crippen LogP contribution in [0.2, 0.25) is 0 Å². The fourth-order valence-electron chi connectivity index (χ4n) is 0.970. The molecule has 44 valence electrons. The Bertz CT molecular complexity index is 82.0. The lowest BCUT2D eigenvalue weighted by molar-refractivity contribution is 0.682. The van der Waals surface area contributed by atoms with E-state index in [1.54, 1.807) is 0 Å². The molecular weight excluding hydrogens is 96.1 g/mol. The van der Waals surface area contributed by atoms with E-state index < -0.39 is 0 Å². The number of hydrogen-bond donors (Lipinski definition) is 0. The van der Waals surface area contributed by atoms with Crippen LogP contribution in [0.25, 0.3) is 0 Å². The fraction of sp³-hybridized carbons (Fsp3) is 0.500. The fourth-order valence-corrected chi connectivity index (χ4v) is 0.970. The lowest BCUT2D eigenvalue weighted by Gasteiger charge is -2.11. The molecule has 0 aliphatic heterocycles. The van der Waals surface area contributed by atoms with Crippen molar-refractivity contribution in [2.24, 2.45) is 5.92 Å². The van der Waals surface area contributed by atoms with E-state index in [9.17, 15) is 0 Å². The first kappa shape index (κ1) is 5.87. The summed E-state index contributed by atoms with van der Waals surface area (Å²) in [5.41, 5.74) is 0. The molecule has 0 fully saturated rings. The predicted molar refractivity (Wildman–Crippen MR) is 36.1 cm³/mol. The van der Waals surface area contributed by atoms with Crippen LogP contribution in [0, 0.1) is 19.3 Å². The van der Waals surface area contributed by atoms with E-state index >= 15 is 0 Å². The summed E-state index contributed by atoms with van der Waals surface area (Å²) in [5.74, 6) is 0.670. The summed E-state index contributed by atoms with van der Waals surface area (Å²) in [6, 6.07) is 0. The van der Waals surface area contributed by atoms with Crippen LogP contribution in [0.4, 0.5) is 0 Å². The van der Waals surface area contributed by atoms with Crippen molar-refractivity contribution < 1.29 is 0 Å². The number of rotatable bonds is 1. The Morgan fingerprint density at radius 3 is 2.75 bits per heavy atom. The maximum absolute atomic E-state index is 3.83. The molecule has 1 unspecified atom stereocenters. The van der Waals surface area contributed by atoms with Crippen molar-refractivity contribution in [2.45, 2.75) is 19.3 Å². The summed E-state index contributed by atoms with van der Waals surface area (Å²) in [7, 11) is 0. The zero-order chi connectivity index (χ0) is 5.82. The molecular formula is C8H12. The Labute approximate surface area is 51.6 Å². The summed E-state index contributed by atoms with van der Waals surface area (Å²) in [6.07, 6.45) is 10.3. The summed E-state index contributed by atoms with van der Waals surface area (Å²) in [4.78, 5) is 0. The third kappa shape index (κ3) is 1.36. The van der Waals surface area contributed by atoms with Gasteiger partial charge in [-0.25, -0.2) is 0 Å². The Hall–Kier alpha value is -0.260. The molecule has 0 heterocycles. The van der Waals surface area contributed by atoms with Gasteiger partial charge in [0, 0.05) is 0 Å². The molecule has 1 aliphatic rings. The molecule has 0 aromatic heterocycles. The van der Waals surface area contributed by atoms with Gasteiger partial charge in [-0.3, -0.25) is 0 Å². The smallest absolute Gasteiger partial charge is 0.0202 e. The standard InChI is InChI=1S/C8H12/c1-2-8-6-4-3-5-7-8/h4,6-8H,1-3,5H2. The molecule has 0 aromatic rings. The number of allylic oxidation sites excluding steroid dienone is 2. The Balaban J connectivity index is 2.32. The predicted octanol–water partition coefficient (Wildman–Crippen LogP) is 2.38. The van der Waals surface area contributed by atoms with Crippen LogP contribution in [0.5, 0.6) is 0 Å². The zero-order valence-electron chi connectivity index (χ0n) is 5.14. The molecule has 0 saturated carbocycles. The Morgan fingerprint density at radius 2 is 2.38 bits per heavy atom. The van der Waals surface area contributed by atoms with E-state index in [4.69, 9.17) is 0 Å². The molecule has 8 heavy (non-hydrogen) atoms. The van der Waals surface area contributed by atoms with Crippen molar-refractivity contribution in [1.29, 1.82) is 0 Å². The van der Waals surface area contributed by atoms with Crippen LogP contribution in [0.1, 0.15) is 19.3 Å². The lowest BCUT2D eigenvalue weighted by atomic mass is 9.94. The monoisotopic (exact) mass is 108 g/mol. The van der Waals surface area contributed by atoms with Crippen LogP contribution >= 0.6 is 0 Å². The quantitative estimate of drug-likeness (QED) is 0.452. The molecule has 0 bridgehead atoms. The van der Waals surface area contributed by atoms with Crippen molar-refractivity contribution in [1.82, 2.24) is 0 Å². The number of hydrogen-bond acceptors (Lipinski definition) is 0. The van der Waals surface area contributed by atoms with E-state index in [1.807, 2.05) is 0 Å². The van der Waals surface area contributed by atoms with Crippen molar-refractivity contribution in [2.75, 3.05) is 0 Å². The normalized spacial score (nSPS) is 28.4. The van der Waals surface area contributed by atoms with Crippen molar-refractivity contribution >= 4 is 0 Å². The van der Waals surface area contributed by atoms with Gasteiger partial charge in [0.25, 0.3) is 0 Å². The second-order valence-electron chi connectivity index (χ2n) is 2.19. The van der Waals surface area contributed by atoms with Crippen molar-refractivity contribution in [3.8, 4) is 0 Å². The summed E-state index contributed by atoms with van der Waals surface area (Å²) in [6.45, 7) is 3.83. The first-order chi connectivity index (χ1) is 3.93. The van der Waals surface area contributed by atoms with Gasteiger partial charge in [-0.1, -0.05) is 19.1 Å². The minimum atomic E-state index is 0.670. The first-order valence-corrected chi connectivity index (χ1v) is 3.22. The highest BCUT2D eigenvalue weighted by Gasteiger charge is 2.03. The van der Waals surface area contributed by atoms with Gasteiger partial charge in [0.15, 0.2) is 0 Å². The van der Waals surface area contributed by atoms with E-state index in [1.165, 1.54) is 12.8 Å². The minimum absolute atomic E-state index is 0.670. The average molecular weight is 108 g/mol. The van der Waals surface area contributed by atoms with Crippen LogP contribution < -0.4 is 0 Å². The van der Waals surface area contributed by atoms with E-state index in [-0.39, 0.29) is 0 Å². The SMILES string of the molecule is [CH2]CC1[CH]CCC=C1. The van der Waals surface area contributed by atoms with Gasteiger partial charge in [0.2, 0.25) is 0 Å². The highest BCUT2D eigenvalue weighted by molar-refractivity contribution is 5.01. The molecule has 0 aromatic carbocycles. The maximum atomic E-state index is 3.83. The van der Waals surface area contributed by atoms with Crippen LogP contribution in [-0.2, 0) is 0 Å². The van der Waals surface area contributed by atoms with E-state index in [0.29, 0.717) is 5.92 Å². The molecule has 1 rings (SSSR count). The van der Waals surface area contributed by atoms with E-state index in [0.717, 1.165) is 6.42 Å². The van der Waals surface area contributed by atoms with Crippen LogP contribution in [-0.4, -0.2) is 0 Å². The molecule has 0 saturated heterocycles. The molecule has 2 radical (unpaired) electrons. The minimum Gasteiger partial charge on any atom is -0.0882 e. The van der Waals surface area contributed by atoms with Gasteiger partial charge in [-0.15, -0.1) is 0 Å². The van der Waals surface area contributed by atoms with Gasteiger partial charge in [0.1, 0.15) is 0 Å². The van der Waals surface area contributed by atoms with Crippen LogP contribution in [0.15, 0.2) is 12.2 Å². The third-order valence-corrected chi connectivity index (χ3v) is 1.52. The average Bonchev–Trinajstić information content (AvgIpc) is 1.90. The molecule has 1 aliphatic carbocycles. The van der Waals surface area contributed by atoms with Crippen LogP contribution in [0.3, 0.4) is 0 Å². The molecule has 0 spiro atoms. The third-order valence-electron chi connectivity index (χ3n) is 1.52. The second-order valence-corrected chi connectivity index (χ2v) is 2.19. The molecule has 0 nitrogen and oxygen atoms in total. The van der Waals surface area contributed by atoms with Crippen molar-refractivity contribution in [3.63, 3.8) is 0 Å². The summed E-state index contributed by atoms with van der Waals surface area (Å²) < 4.78 is 0. The largest absolute Gasteiger partial charge is 0.0882 e. The molecule has 0 amide bonds. The Morgan fingerprint density at radius 1 is 1.50 bits per heavy atom. The molecule has 1 atom stereocenters. The van der Waals surface area contributed by atoms with E-state index in [2.05, 4.69) is 25.5 Å². The van der Waals surface area contributed by atoms with Gasteiger partial charge in [-0.05, 0) is 31.6 Å². The molecule has 0 N–H and O–H groups in total. The first-order valence-electron chi connectivity index (χ1n) is 3.22. The zero-order valence-corrected chi connectivity index (χ0v) is 5.14.